The van der Waals surface area contributed by atoms with Crippen molar-refractivity contribution in [2.45, 2.75) is 224 Å². The Kier molecular flexibility index (Phi) is 127. The largest absolute Gasteiger partial charge is 2.00 e. The molecule has 0 aromatic rings. The van der Waals surface area contributed by atoms with Gasteiger partial charge in [0, 0.05) is 0 Å². The number of rotatable bonds is 33. The van der Waals surface area contributed by atoms with Gasteiger partial charge in [0.15, 0.2) is 0 Å². The number of hydrogen-bond donors (Lipinski definition) is 0. The summed E-state index contributed by atoms with van der Waals surface area (Å²) in [6.45, 7) is 61.0. The van der Waals surface area contributed by atoms with E-state index >= 15 is 0 Å². The van der Waals surface area contributed by atoms with Gasteiger partial charge >= 0.3 is 130 Å². The molecule has 0 heterocycles. The van der Waals surface area contributed by atoms with Crippen LogP contribution in [0.15, 0.2) is 0 Å². The average Bonchev–Trinajstić information content (AvgIpc) is 3.27. The first-order valence-corrected chi connectivity index (χ1v) is 26.5. The second-order valence-corrected chi connectivity index (χ2v) is 20.2. The monoisotopic (exact) mass is 1320 g/mol. The van der Waals surface area contributed by atoms with E-state index in [0.29, 0.717) is 24.2 Å². The smallest absolute Gasteiger partial charge is 0.666 e. The summed E-state index contributed by atoms with van der Waals surface area (Å²) in [4.78, 5) is 0. The number of likely N-dealkylation sites (N-methyl/N-ethyl adjacent to an activating group) is 6. The van der Waals surface area contributed by atoms with E-state index in [9.17, 15) is 0 Å². The molecule has 2 atom stereocenters. The summed E-state index contributed by atoms with van der Waals surface area (Å²) in [6, 6.07) is 1.94. The first-order chi connectivity index (χ1) is 31.6. The van der Waals surface area contributed by atoms with Gasteiger partial charge in [-0.1, -0.05) is 178 Å². The van der Waals surface area contributed by atoms with Crippen LogP contribution in [0.2, 0.25) is 0 Å². The zero-order valence-electron chi connectivity index (χ0n) is 53.8. The Morgan fingerprint density at radius 1 is 0.293 bits per heavy atom. The van der Waals surface area contributed by atoms with Gasteiger partial charge in [0.2, 0.25) is 0 Å². The minimum atomic E-state index is 0. The second-order valence-electron chi connectivity index (χ2n) is 20.2. The summed E-state index contributed by atoms with van der Waals surface area (Å²) < 4.78 is 0. The molecule has 0 aliphatic heterocycles. The fourth-order valence-electron chi connectivity index (χ4n) is 4.00. The first-order valence-electron chi connectivity index (χ1n) is 26.5. The van der Waals surface area contributed by atoms with Crippen molar-refractivity contribution in [3.8, 4) is 0 Å². The maximum absolute atomic E-state index is 4.62. The van der Waals surface area contributed by atoms with Gasteiger partial charge in [-0.05, 0) is 0 Å². The summed E-state index contributed by atoms with van der Waals surface area (Å²) in [5.74, 6) is 0. The molecule has 21 heteroatoms. The average molecular weight is 1320 g/mol. The minimum absolute atomic E-state index is 0. The maximum Gasteiger partial charge on any atom is 2.00 e. The van der Waals surface area contributed by atoms with Crippen molar-refractivity contribution in [1.82, 2.24) is 0 Å². The van der Waals surface area contributed by atoms with Crippen molar-refractivity contribution in [2.24, 2.45) is 0 Å². The van der Waals surface area contributed by atoms with Crippen molar-refractivity contribution in [3.05, 3.63) is 74.4 Å². The number of hydrogen-bond acceptors (Lipinski definition) is 0. The SMILES string of the molecule is CC(C)(C)[N-]CC[N-]C(C)(C)C.CC(C)[N-]CC[N-]C(C)C.CCC(C)(C)[N-]CC[N-]C(C)(C)CC.CCC(C)[N-]CC[N-]C(C)CC.CC[N-]CC[N-]CC.C[N-]CC[N-]C.C[N-]CC[N-]C.[V+2].[V+2].[V+2].[V+2].[V+2].[V+2].[V+2]. The Morgan fingerprint density at radius 3 is 0.693 bits per heavy atom. The van der Waals surface area contributed by atoms with Crippen molar-refractivity contribution in [2.75, 3.05) is 133 Å². The van der Waals surface area contributed by atoms with E-state index in [0.717, 1.165) is 130 Å². The van der Waals surface area contributed by atoms with Gasteiger partial charge in [-0.3, -0.25) is 0 Å². The summed E-state index contributed by atoms with van der Waals surface area (Å²) in [5.41, 5.74) is 0.443. The zero-order chi connectivity index (χ0) is 54.4. The molecule has 0 bridgehead atoms. The molecule has 14 nitrogen and oxygen atoms in total. The van der Waals surface area contributed by atoms with Crippen molar-refractivity contribution in [1.29, 1.82) is 0 Å². The topological polar surface area (TPSA) is 197 Å². The summed E-state index contributed by atoms with van der Waals surface area (Å²) in [7, 11) is 7.19. The van der Waals surface area contributed by atoms with Crippen LogP contribution in [0.1, 0.15) is 178 Å². The van der Waals surface area contributed by atoms with Gasteiger partial charge in [-0.25, -0.2) is 0 Å². The van der Waals surface area contributed by atoms with E-state index < -0.39 is 0 Å². The third-order valence-electron chi connectivity index (χ3n) is 9.39. The molecule has 75 heavy (non-hydrogen) atoms. The van der Waals surface area contributed by atoms with Crippen LogP contribution in [0.25, 0.3) is 74.4 Å². The molecule has 7 radical (unpaired) electrons. The van der Waals surface area contributed by atoms with Crippen LogP contribution in [0.5, 0.6) is 0 Å². The van der Waals surface area contributed by atoms with Crippen LogP contribution < -0.4 is 0 Å². The standard InChI is InChI=1S/C12H26N2.2C10H22N2.C8H18N2.C6H14N2.2C4H10N2.7V/c1-7-11(3,4)13-9-10-14-12(5,6)8-2;1-9(2,3)11-7-8-12-10(4,5)6;1-5-9(3)11-7-8-12-10(4)6-2;1-7(2)9-5-6-10-8(3)4;1-3-7-5-6-8-4-2;2*1-5-3-4-6-2;;;;;;;/h7-10H2,1-6H3;7-8H2,1-6H3;9-10H,5-8H2,1-4H3;7-8H,5-6H2,1-4H3;3-6H2,1-2H3;2*3-4H2,1-2H3;;;;;;;/q7*-2;7*+2. The van der Waals surface area contributed by atoms with E-state index in [2.05, 4.69) is 213 Å². The molecule has 0 saturated heterocycles. The Bertz CT molecular complexity index is 833. The van der Waals surface area contributed by atoms with Gasteiger partial charge in [0.1, 0.15) is 0 Å². The van der Waals surface area contributed by atoms with E-state index in [1.807, 2.05) is 13.8 Å². The number of nitrogens with zero attached hydrogens (tertiary/aromatic N) is 14. The third kappa shape index (κ3) is 138. The zero-order valence-corrected chi connectivity index (χ0v) is 63.6. The third-order valence-corrected chi connectivity index (χ3v) is 9.39. The van der Waals surface area contributed by atoms with E-state index in [1.165, 1.54) is 0 Å². The van der Waals surface area contributed by atoms with Crippen LogP contribution in [0.4, 0.5) is 0 Å². The van der Waals surface area contributed by atoms with Gasteiger partial charge < -0.3 is 74.4 Å². The van der Waals surface area contributed by atoms with E-state index in [4.69, 9.17) is 0 Å². The summed E-state index contributed by atoms with van der Waals surface area (Å²) >= 11 is 0. The van der Waals surface area contributed by atoms with Gasteiger partial charge in [-0.15, -0.1) is 46.3 Å². The summed E-state index contributed by atoms with van der Waals surface area (Å²) in [6.07, 6.45) is 4.49. The molecule has 0 spiro atoms. The van der Waals surface area contributed by atoms with Crippen LogP contribution in [0, 0.1) is 0 Å². The Balaban J connectivity index is -0.0000000483. The molecule has 0 aliphatic carbocycles. The summed E-state index contributed by atoms with van der Waals surface area (Å²) in [5, 5.41) is 59.2. The molecule has 0 rings (SSSR count). The van der Waals surface area contributed by atoms with E-state index in [-0.39, 0.29) is 152 Å². The molecule has 0 aromatic carbocycles. The fourth-order valence-corrected chi connectivity index (χ4v) is 4.00. The van der Waals surface area contributed by atoms with Crippen LogP contribution in [0.3, 0.4) is 0 Å². The molecular formula is C54H122N14V7. The van der Waals surface area contributed by atoms with Crippen molar-refractivity contribution >= 4 is 0 Å². The Morgan fingerprint density at radius 2 is 0.520 bits per heavy atom. The predicted molar refractivity (Wildman–Crippen MR) is 318 cm³/mol. The molecule has 0 aromatic heterocycles. The molecular weight excluding hydrogens is 1200 g/mol. The van der Waals surface area contributed by atoms with Gasteiger partial charge in [0.05, 0.1) is 0 Å². The normalized spacial score (nSPS) is 11.2. The second kappa shape index (κ2) is 84.0. The molecule has 0 aliphatic rings. The molecule has 0 amide bonds. The van der Waals surface area contributed by atoms with Gasteiger partial charge in [0.25, 0.3) is 0 Å². The molecule has 443 valence electrons. The molecule has 0 saturated carbocycles. The van der Waals surface area contributed by atoms with Crippen molar-refractivity contribution in [3.63, 3.8) is 0 Å². The predicted octanol–water partition coefficient (Wildman–Crippen LogP) is 17.1. The fraction of sp³-hybridized carbons (Fsp3) is 1.00. The molecule has 0 fully saturated rings. The maximum atomic E-state index is 4.62. The van der Waals surface area contributed by atoms with E-state index in [1.54, 1.807) is 28.2 Å². The van der Waals surface area contributed by atoms with Crippen LogP contribution in [-0.4, -0.2) is 179 Å². The molecule has 0 N–H and O–H groups in total. The molecule has 2 unspecified atom stereocenters. The van der Waals surface area contributed by atoms with Crippen molar-refractivity contribution < 1.29 is 130 Å². The first kappa shape index (κ1) is 113. The van der Waals surface area contributed by atoms with Gasteiger partial charge in [-0.2, -0.15) is 133 Å². The Hall–Kier alpha value is 3.53. The quantitative estimate of drug-likeness (QED) is 0.0564. The minimum Gasteiger partial charge on any atom is -0.666 e. The van der Waals surface area contributed by atoms with Crippen LogP contribution in [-0.2, 0) is 130 Å². The Labute approximate surface area is 556 Å². The van der Waals surface area contributed by atoms with Crippen LogP contribution >= 0.6 is 0 Å².